The summed E-state index contributed by atoms with van der Waals surface area (Å²) in [6.07, 6.45) is -1.45. The predicted octanol–water partition coefficient (Wildman–Crippen LogP) is 2.50. The van der Waals surface area contributed by atoms with Crippen molar-refractivity contribution in [2.75, 3.05) is 19.7 Å². The number of aliphatic carboxylic acids is 1. The zero-order chi connectivity index (χ0) is 23.1. The van der Waals surface area contributed by atoms with E-state index in [0.29, 0.717) is 6.42 Å². The standard InChI is InChI=1S/C24H28N2O6/c1-2-15(11-22(28)25-13-21(27)23(29)30)12-26-24(31)32-14-20-18-9-5-3-7-16(18)17-8-4-6-10-19(17)20/h3-10,15,20-21,27H,2,11-14H2,1H3,(H,25,28)(H,26,31)(H,29,30)/t15?,21-/m0/s1. The highest BCUT2D eigenvalue weighted by atomic mass is 16.5. The topological polar surface area (TPSA) is 125 Å². The molecule has 2 aromatic carbocycles. The molecule has 8 heteroatoms. The molecule has 3 rings (SSSR count). The van der Waals surface area contributed by atoms with Gasteiger partial charge in [-0.2, -0.15) is 0 Å². The maximum absolute atomic E-state index is 12.3. The number of amides is 2. The van der Waals surface area contributed by atoms with E-state index < -0.39 is 18.2 Å². The Morgan fingerprint density at radius 3 is 2.12 bits per heavy atom. The summed E-state index contributed by atoms with van der Waals surface area (Å²) in [6.45, 7) is 2.00. The normalized spacial score (nSPS) is 14.1. The van der Waals surface area contributed by atoms with Gasteiger partial charge in [0, 0.05) is 18.9 Å². The Morgan fingerprint density at radius 1 is 0.969 bits per heavy atom. The van der Waals surface area contributed by atoms with Crippen LogP contribution in [0.5, 0.6) is 0 Å². The first-order valence-electron chi connectivity index (χ1n) is 10.7. The summed E-state index contributed by atoms with van der Waals surface area (Å²) in [7, 11) is 0. The number of carbonyl (C=O) groups excluding carboxylic acids is 2. The van der Waals surface area contributed by atoms with Gasteiger partial charge < -0.3 is 25.6 Å². The molecule has 8 nitrogen and oxygen atoms in total. The third kappa shape index (κ3) is 5.64. The van der Waals surface area contributed by atoms with Gasteiger partial charge in [-0.15, -0.1) is 0 Å². The number of aliphatic hydroxyl groups is 1. The zero-order valence-corrected chi connectivity index (χ0v) is 17.9. The lowest BCUT2D eigenvalue weighted by Crippen LogP contribution is -2.38. The van der Waals surface area contributed by atoms with Crippen LogP contribution in [-0.4, -0.2) is 54.0 Å². The number of hydrogen-bond acceptors (Lipinski definition) is 5. The molecule has 0 heterocycles. The Bertz CT molecular complexity index is 931. The number of benzene rings is 2. The molecule has 0 saturated heterocycles. The first-order valence-corrected chi connectivity index (χ1v) is 10.7. The van der Waals surface area contributed by atoms with E-state index in [1.54, 1.807) is 0 Å². The highest BCUT2D eigenvalue weighted by Gasteiger charge is 2.29. The Morgan fingerprint density at radius 2 is 1.56 bits per heavy atom. The van der Waals surface area contributed by atoms with Crippen LogP contribution in [-0.2, 0) is 14.3 Å². The number of rotatable bonds is 10. The zero-order valence-electron chi connectivity index (χ0n) is 17.9. The van der Waals surface area contributed by atoms with Gasteiger partial charge in [-0.3, -0.25) is 4.79 Å². The van der Waals surface area contributed by atoms with Gasteiger partial charge in [-0.25, -0.2) is 9.59 Å². The van der Waals surface area contributed by atoms with Gasteiger partial charge in [-0.1, -0.05) is 61.9 Å². The average Bonchev–Trinajstić information content (AvgIpc) is 3.12. The molecule has 0 bridgehead atoms. The van der Waals surface area contributed by atoms with Gasteiger partial charge in [0.05, 0.1) is 6.54 Å². The molecule has 0 spiro atoms. The maximum Gasteiger partial charge on any atom is 0.407 e. The fourth-order valence-corrected chi connectivity index (χ4v) is 3.87. The SMILES string of the molecule is CCC(CNC(=O)OCC1c2ccccc2-c2ccccc21)CC(=O)NC[C@H](O)C(=O)O. The third-order valence-corrected chi connectivity index (χ3v) is 5.71. The van der Waals surface area contributed by atoms with Crippen molar-refractivity contribution in [2.24, 2.45) is 5.92 Å². The van der Waals surface area contributed by atoms with E-state index in [1.165, 1.54) is 0 Å². The number of ether oxygens (including phenoxy) is 1. The van der Waals surface area contributed by atoms with E-state index in [9.17, 15) is 19.5 Å². The van der Waals surface area contributed by atoms with Crippen molar-refractivity contribution >= 4 is 18.0 Å². The highest BCUT2D eigenvalue weighted by Crippen LogP contribution is 2.44. The molecule has 32 heavy (non-hydrogen) atoms. The van der Waals surface area contributed by atoms with Crippen LogP contribution in [0.25, 0.3) is 11.1 Å². The molecule has 4 N–H and O–H groups in total. The van der Waals surface area contributed by atoms with Crippen LogP contribution in [0.1, 0.15) is 36.8 Å². The van der Waals surface area contributed by atoms with Crippen LogP contribution < -0.4 is 10.6 Å². The van der Waals surface area contributed by atoms with Gasteiger partial charge >= 0.3 is 12.1 Å². The number of nitrogens with one attached hydrogen (secondary N) is 2. The number of alkyl carbamates (subject to hydrolysis) is 1. The summed E-state index contributed by atoms with van der Waals surface area (Å²) >= 11 is 0. The molecule has 2 amide bonds. The summed E-state index contributed by atoms with van der Waals surface area (Å²) in [5.74, 6) is -1.94. The molecule has 1 unspecified atom stereocenters. The number of carbonyl (C=O) groups is 3. The number of hydrogen-bond donors (Lipinski definition) is 4. The minimum absolute atomic E-state index is 0.0263. The fraction of sp³-hybridized carbons (Fsp3) is 0.375. The average molecular weight is 440 g/mol. The molecule has 0 aliphatic heterocycles. The minimum atomic E-state index is -1.64. The lowest BCUT2D eigenvalue weighted by atomic mass is 9.98. The van der Waals surface area contributed by atoms with Crippen molar-refractivity contribution in [3.05, 3.63) is 59.7 Å². The Kier molecular flexibility index (Phi) is 7.83. The lowest BCUT2D eigenvalue weighted by Gasteiger charge is -2.17. The van der Waals surface area contributed by atoms with Gasteiger partial charge in [-0.05, 0) is 28.2 Å². The van der Waals surface area contributed by atoms with E-state index in [1.807, 2.05) is 43.3 Å². The monoisotopic (exact) mass is 440 g/mol. The number of aliphatic hydroxyl groups excluding tert-OH is 1. The second kappa shape index (κ2) is 10.8. The Balaban J connectivity index is 1.48. The van der Waals surface area contributed by atoms with Crippen LogP contribution in [0.15, 0.2) is 48.5 Å². The number of fused-ring (bicyclic) bond motifs is 3. The molecular weight excluding hydrogens is 412 g/mol. The van der Waals surface area contributed by atoms with Crippen LogP contribution in [0.4, 0.5) is 4.79 Å². The smallest absolute Gasteiger partial charge is 0.407 e. The molecule has 2 atom stereocenters. The summed E-state index contributed by atoms with van der Waals surface area (Å²) in [5, 5.41) is 23.0. The quantitative estimate of drug-likeness (QED) is 0.450. The van der Waals surface area contributed by atoms with Crippen LogP contribution in [0.3, 0.4) is 0 Å². The molecule has 0 fully saturated rings. The molecule has 0 aromatic heterocycles. The van der Waals surface area contributed by atoms with Crippen molar-refractivity contribution in [2.45, 2.75) is 31.8 Å². The predicted molar refractivity (Wildman–Crippen MR) is 118 cm³/mol. The molecule has 1 aliphatic rings. The second-order valence-corrected chi connectivity index (χ2v) is 7.84. The van der Waals surface area contributed by atoms with Crippen molar-refractivity contribution in [1.29, 1.82) is 0 Å². The van der Waals surface area contributed by atoms with E-state index in [2.05, 4.69) is 22.8 Å². The highest BCUT2D eigenvalue weighted by molar-refractivity contribution is 5.79. The second-order valence-electron chi connectivity index (χ2n) is 7.84. The largest absolute Gasteiger partial charge is 0.479 e. The van der Waals surface area contributed by atoms with Crippen molar-refractivity contribution in [3.63, 3.8) is 0 Å². The molecule has 0 radical (unpaired) electrons. The van der Waals surface area contributed by atoms with Crippen molar-refractivity contribution in [3.8, 4) is 11.1 Å². The van der Waals surface area contributed by atoms with Gasteiger partial charge in [0.15, 0.2) is 6.10 Å². The maximum atomic E-state index is 12.3. The summed E-state index contributed by atoms with van der Waals surface area (Å²) in [4.78, 5) is 34.8. The summed E-state index contributed by atoms with van der Waals surface area (Å²) in [5.41, 5.74) is 4.57. The van der Waals surface area contributed by atoms with E-state index in [0.717, 1.165) is 22.3 Å². The Labute approximate surface area is 186 Å². The minimum Gasteiger partial charge on any atom is -0.479 e. The molecule has 0 saturated carbocycles. The fourth-order valence-electron chi connectivity index (χ4n) is 3.87. The lowest BCUT2D eigenvalue weighted by molar-refractivity contribution is -0.146. The molecule has 2 aromatic rings. The van der Waals surface area contributed by atoms with E-state index >= 15 is 0 Å². The Hall–Kier alpha value is -3.39. The van der Waals surface area contributed by atoms with Crippen LogP contribution in [0.2, 0.25) is 0 Å². The van der Waals surface area contributed by atoms with Crippen LogP contribution in [0, 0.1) is 5.92 Å². The number of carboxylic acids is 1. The molecular formula is C24H28N2O6. The van der Waals surface area contributed by atoms with Crippen molar-refractivity contribution < 1.29 is 29.3 Å². The summed E-state index contributed by atoms with van der Waals surface area (Å²) in [6, 6.07) is 16.2. The van der Waals surface area contributed by atoms with Gasteiger partial charge in [0.25, 0.3) is 0 Å². The molecule has 170 valence electrons. The van der Waals surface area contributed by atoms with E-state index in [-0.39, 0.29) is 43.9 Å². The first kappa shape index (κ1) is 23.3. The van der Waals surface area contributed by atoms with E-state index in [4.69, 9.17) is 9.84 Å². The third-order valence-electron chi connectivity index (χ3n) is 5.71. The van der Waals surface area contributed by atoms with Crippen molar-refractivity contribution in [1.82, 2.24) is 10.6 Å². The van der Waals surface area contributed by atoms with Crippen LogP contribution >= 0.6 is 0 Å². The number of carboxylic acid groups (broad SMARTS) is 1. The summed E-state index contributed by atoms with van der Waals surface area (Å²) < 4.78 is 5.50. The molecule has 1 aliphatic carbocycles. The first-order chi connectivity index (χ1) is 15.4. The van der Waals surface area contributed by atoms with Gasteiger partial charge in [0.1, 0.15) is 6.61 Å². The van der Waals surface area contributed by atoms with Gasteiger partial charge in [0.2, 0.25) is 5.91 Å².